The Hall–Kier alpha value is -3.72. The number of rotatable bonds is 7. The maximum atomic E-state index is 13.2. The summed E-state index contributed by atoms with van der Waals surface area (Å²) in [5, 5.41) is 9.08. The van der Waals surface area contributed by atoms with Crippen molar-refractivity contribution in [1.29, 1.82) is 0 Å². The van der Waals surface area contributed by atoms with Crippen LogP contribution in [-0.4, -0.2) is 35.0 Å². The molecule has 2 heterocycles. The van der Waals surface area contributed by atoms with Crippen molar-refractivity contribution in [2.75, 3.05) is 19.5 Å². The molecular weight excluding hydrogens is 551 g/mol. The Bertz CT molecular complexity index is 1540. The monoisotopic (exact) mass is 570 g/mol. The SMILES string of the molecule is COC(=O)C1=C(c2ccc(Cl)cc2)Nc2ncnn2[C@H]1c1ccc(OCc2ccc(Cl)c(Cl)c2)c(OC)c1. The Labute approximate surface area is 233 Å². The summed E-state index contributed by atoms with van der Waals surface area (Å²) in [6, 6.07) is 17.2. The molecule has 11 heteroatoms. The number of esters is 1. The lowest BCUT2D eigenvalue weighted by atomic mass is 9.92. The van der Waals surface area contributed by atoms with E-state index in [1.165, 1.54) is 13.4 Å². The molecule has 0 saturated heterocycles. The molecule has 1 aromatic heterocycles. The van der Waals surface area contributed by atoms with Gasteiger partial charge in [0.15, 0.2) is 11.5 Å². The largest absolute Gasteiger partial charge is 0.493 e. The smallest absolute Gasteiger partial charge is 0.338 e. The minimum Gasteiger partial charge on any atom is -0.493 e. The number of fused-ring (bicyclic) bond motifs is 1. The Morgan fingerprint density at radius 3 is 2.47 bits per heavy atom. The molecule has 1 atom stereocenters. The maximum absolute atomic E-state index is 13.2. The number of hydrogen-bond donors (Lipinski definition) is 1. The van der Waals surface area contributed by atoms with Gasteiger partial charge in [0.25, 0.3) is 0 Å². The first-order valence-electron chi connectivity index (χ1n) is 11.4. The molecule has 1 aliphatic heterocycles. The van der Waals surface area contributed by atoms with E-state index >= 15 is 0 Å². The number of methoxy groups -OCH3 is 2. The molecule has 4 aromatic rings. The molecule has 3 aromatic carbocycles. The summed E-state index contributed by atoms with van der Waals surface area (Å²) < 4.78 is 18.5. The number of carbonyl (C=O) groups is 1. The van der Waals surface area contributed by atoms with Gasteiger partial charge in [-0.3, -0.25) is 0 Å². The van der Waals surface area contributed by atoms with Crippen molar-refractivity contribution < 1.29 is 19.0 Å². The number of carbonyl (C=O) groups excluding carboxylic acids is 1. The average molecular weight is 572 g/mol. The second-order valence-corrected chi connectivity index (χ2v) is 9.54. The van der Waals surface area contributed by atoms with Crippen molar-refractivity contribution in [3.8, 4) is 11.5 Å². The molecule has 1 N–H and O–H groups in total. The van der Waals surface area contributed by atoms with Crippen LogP contribution >= 0.6 is 34.8 Å². The second kappa shape index (κ2) is 10.9. The molecule has 0 bridgehead atoms. The van der Waals surface area contributed by atoms with E-state index in [0.717, 1.165) is 11.1 Å². The minimum absolute atomic E-state index is 0.251. The van der Waals surface area contributed by atoms with Gasteiger partial charge in [0.2, 0.25) is 5.95 Å². The maximum Gasteiger partial charge on any atom is 0.338 e. The number of ether oxygens (including phenoxy) is 3. The lowest BCUT2D eigenvalue weighted by Gasteiger charge is -2.29. The van der Waals surface area contributed by atoms with Gasteiger partial charge < -0.3 is 19.5 Å². The van der Waals surface area contributed by atoms with Crippen LogP contribution in [0, 0.1) is 0 Å². The summed E-state index contributed by atoms with van der Waals surface area (Å²) in [4.78, 5) is 17.5. The number of halogens is 3. The van der Waals surface area contributed by atoms with Crippen LogP contribution in [0.2, 0.25) is 15.1 Å². The number of benzene rings is 3. The zero-order valence-corrected chi connectivity index (χ0v) is 22.5. The predicted molar refractivity (Wildman–Crippen MR) is 146 cm³/mol. The minimum atomic E-state index is -0.662. The van der Waals surface area contributed by atoms with Crippen molar-refractivity contribution in [1.82, 2.24) is 14.8 Å². The van der Waals surface area contributed by atoms with Gasteiger partial charge in [0.1, 0.15) is 19.0 Å². The van der Waals surface area contributed by atoms with Crippen LogP contribution in [0.15, 0.2) is 72.6 Å². The summed E-state index contributed by atoms with van der Waals surface area (Å²) >= 11 is 18.2. The fourth-order valence-electron chi connectivity index (χ4n) is 4.21. The van der Waals surface area contributed by atoms with E-state index in [1.54, 1.807) is 48.2 Å². The standard InChI is InChI=1S/C27H21Cl3N4O4/c1-36-22-12-17(6-10-21(22)38-13-15-3-9-19(29)20(30)11-15)25-23(26(35)37-2)24(16-4-7-18(28)8-5-16)33-27-31-14-32-34(25)27/h3-12,14,25H,13H2,1-2H3,(H,31,32,33)/t25-/m0/s1. The molecule has 0 fully saturated rings. The van der Waals surface area contributed by atoms with E-state index in [-0.39, 0.29) is 6.61 Å². The molecule has 1 aliphatic rings. The second-order valence-electron chi connectivity index (χ2n) is 8.29. The van der Waals surface area contributed by atoms with Gasteiger partial charge in [0, 0.05) is 5.02 Å². The fourth-order valence-corrected chi connectivity index (χ4v) is 4.65. The van der Waals surface area contributed by atoms with E-state index in [4.69, 9.17) is 49.0 Å². The first-order chi connectivity index (χ1) is 18.4. The van der Waals surface area contributed by atoms with Crippen LogP contribution in [0.1, 0.15) is 22.7 Å². The highest BCUT2D eigenvalue weighted by molar-refractivity contribution is 6.42. The summed E-state index contributed by atoms with van der Waals surface area (Å²) in [6.45, 7) is 0.251. The molecule has 38 heavy (non-hydrogen) atoms. The summed E-state index contributed by atoms with van der Waals surface area (Å²) in [6.07, 6.45) is 1.42. The van der Waals surface area contributed by atoms with E-state index in [1.807, 2.05) is 24.3 Å². The van der Waals surface area contributed by atoms with E-state index in [9.17, 15) is 4.79 Å². The molecule has 0 saturated carbocycles. The Kier molecular flexibility index (Phi) is 7.46. The molecule has 194 valence electrons. The Morgan fingerprint density at radius 1 is 0.974 bits per heavy atom. The summed E-state index contributed by atoms with van der Waals surface area (Å²) in [5.74, 6) is 0.927. The van der Waals surface area contributed by atoms with Crippen LogP contribution in [0.25, 0.3) is 5.70 Å². The van der Waals surface area contributed by atoms with Gasteiger partial charge in [-0.25, -0.2) is 9.48 Å². The number of nitrogens with one attached hydrogen (secondary N) is 1. The van der Waals surface area contributed by atoms with Gasteiger partial charge in [-0.1, -0.05) is 59.1 Å². The third-order valence-electron chi connectivity index (χ3n) is 6.02. The molecule has 0 unspecified atom stereocenters. The molecule has 5 rings (SSSR count). The van der Waals surface area contributed by atoms with E-state index < -0.39 is 12.0 Å². The van der Waals surface area contributed by atoms with Crippen molar-refractivity contribution in [3.63, 3.8) is 0 Å². The van der Waals surface area contributed by atoms with E-state index in [2.05, 4.69) is 15.4 Å². The van der Waals surface area contributed by atoms with Crippen LogP contribution < -0.4 is 14.8 Å². The topological polar surface area (TPSA) is 87.5 Å². The quantitative estimate of drug-likeness (QED) is 0.256. The van der Waals surface area contributed by atoms with Gasteiger partial charge in [-0.2, -0.15) is 10.1 Å². The molecule has 0 radical (unpaired) electrons. The third kappa shape index (κ3) is 5.03. The molecule has 8 nitrogen and oxygen atoms in total. The van der Waals surface area contributed by atoms with Gasteiger partial charge in [-0.15, -0.1) is 0 Å². The first-order valence-corrected chi connectivity index (χ1v) is 12.5. The Morgan fingerprint density at radius 2 is 1.76 bits per heavy atom. The van der Waals surface area contributed by atoms with E-state index in [0.29, 0.717) is 49.3 Å². The fraction of sp³-hybridized carbons (Fsp3) is 0.148. The molecule has 0 amide bonds. The predicted octanol–water partition coefficient (Wildman–Crippen LogP) is 6.43. The summed E-state index contributed by atoms with van der Waals surface area (Å²) in [5.41, 5.74) is 3.18. The highest BCUT2D eigenvalue weighted by atomic mass is 35.5. The molecule has 0 aliphatic carbocycles. The van der Waals surface area contributed by atoms with Crippen LogP contribution in [0.5, 0.6) is 11.5 Å². The van der Waals surface area contributed by atoms with Crippen molar-refractivity contribution in [2.24, 2.45) is 0 Å². The lowest BCUT2D eigenvalue weighted by Crippen LogP contribution is -2.29. The van der Waals surface area contributed by atoms with Crippen molar-refractivity contribution in [3.05, 3.63) is 104 Å². The number of anilines is 1. The van der Waals surface area contributed by atoms with Crippen LogP contribution in [-0.2, 0) is 16.1 Å². The number of hydrogen-bond acceptors (Lipinski definition) is 7. The van der Waals surface area contributed by atoms with Gasteiger partial charge in [-0.05, 0) is 53.1 Å². The third-order valence-corrected chi connectivity index (χ3v) is 7.01. The highest BCUT2D eigenvalue weighted by Gasteiger charge is 2.36. The zero-order chi connectivity index (χ0) is 26.8. The highest BCUT2D eigenvalue weighted by Crippen LogP contribution is 2.41. The van der Waals surface area contributed by atoms with Crippen LogP contribution in [0.4, 0.5) is 5.95 Å². The molecular formula is C27H21Cl3N4O4. The zero-order valence-electron chi connectivity index (χ0n) is 20.2. The summed E-state index contributed by atoms with van der Waals surface area (Å²) in [7, 11) is 2.88. The molecule has 0 spiro atoms. The van der Waals surface area contributed by atoms with Gasteiger partial charge in [0.05, 0.1) is 35.5 Å². The lowest BCUT2D eigenvalue weighted by molar-refractivity contribution is -0.136. The normalized spacial score (nSPS) is 14.5. The number of aromatic nitrogens is 3. The Balaban J connectivity index is 1.56. The average Bonchev–Trinajstić information content (AvgIpc) is 3.41. The first kappa shape index (κ1) is 25.9. The number of nitrogens with zero attached hydrogens (tertiary/aromatic N) is 3. The van der Waals surface area contributed by atoms with Crippen LogP contribution in [0.3, 0.4) is 0 Å². The van der Waals surface area contributed by atoms with Gasteiger partial charge >= 0.3 is 5.97 Å². The van der Waals surface area contributed by atoms with Crippen molar-refractivity contribution in [2.45, 2.75) is 12.6 Å². The van der Waals surface area contributed by atoms with Crippen molar-refractivity contribution >= 4 is 52.4 Å².